The molecule has 0 spiro atoms. The van der Waals surface area contributed by atoms with E-state index in [2.05, 4.69) is 16.6 Å². The lowest BCUT2D eigenvalue weighted by Crippen LogP contribution is -2.29. The summed E-state index contributed by atoms with van der Waals surface area (Å²) in [5, 5.41) is 13.8. The summed E-state index contributed by atoms with van der Waals surface area (Å²) in [5.41, 5.74) is 0.239. The second-order valence-electron chi connectivity index (χ2n) is 3.01. The van der Waals surface area contributed by atoms with Gasteiger partial charge in [0.15, 0.2) is 0 Å². The second kappa shape index (κ2) is 5.77. The SMILES string of the molecule is C#CCNC(=O)Nc1cc(C(=O)O)ccc1Cl. The number of hydrogen-bond donors (Lipinski definition) is 3. The molecule has 0 fully saturated rings. The number of amides is 2. The zero-order valence-electron chi connectivity index (χ0n) is 8.66. The molecule has 1 rings (SSSR count). The van der Waals surface area contributed by atoms with Crippen LogP contribution in [0.4, 0.5) is 10.5 Å². The van der Waals surface area contributed by atoms with Crippen molar-refractivity contribution in [2.24, 2.45) is 0 Å². The van der Waals surface area contributed by atoms with E-state index < -0.39 is 12.0 Å². The van der Waals surface area contributed by atoms with Crippen LogP contribution in [0.2, 0.25) is 5.02 Å². The van der Waals surface area contributed by atoms with E-state index in [-0.39, 0.29) is 22.8 Å². The van der Waals surface area contributed by atoms with Crippen LogP contribution in [-0.4, -0.2) is 23.7 Å². The fourth-order valence-corrected chi connectivity index (χ4v) is 1.22. The summed E-state index contributed by atoms with van der Waals surface area (Å²) in [5.74, 6) is 1.13. The molecular weight excluding hydrogens is 244 g/mol. The number of terminal acetylenes is 1. The summed E-state index contributed by atoms with van der Waals surface area (Å²) >= 11 is 5.80. The highest BCUT2D eigenvalue weighted by atomic mass is 35.5. The number of carboxylic acids is 1. The molecule has 0 atom stereocenters. The minimum atomic E-state index is -1.10. The number of urea groups is 1. The number of anilines is 1. The van der Waals surface area contributed by atoms with Crippen LogP contribution in [0.1, 0.15) is 10.4 Å². The van der Waals surface area contributed by atoms with Crippen LogP contribution < -0.4 is 10.6 Å². The summed E-state index contributed by atoms with van der Waals surface area (Å²) in [7, 11) is 0. The quantitative estimate of drug-likeness (QED) is 0.718. The smallest absolute Gasteiger partial charge is 0.335 e. The molecule has 1 aromatic rings. The Labute approximate surface area is 103 Å². The summed E-state index contributed by atoms with van der Waals surface area (Å²) < 4.78 is 0. The normalized spacial score (nSPS) is 9.18. The predicted octanol–water partition coefficient (Wildman–Crippen LogP) is 1.79. The zero-order valence-corrected chi connectivity index (χ0v) is 9.41. The van der Waals surface area contributed by atoms with Crippen LogP contribution in [0, 0.1) is 12.3 Å². The molecule has 17 heavy (non-hydrogen) atoms. The molecule has 0 bridgehead atoms. The minimum absolute atomic E-state index is 0.0293. The number of hydrogen-bond acceptors (Lipinski definition) is 2. The van der Waals surface area contributed by atoms with Gasteiger partial charge in [-0.25, -0.2) is 9.59 Å². The molecular formula is C11H9ClN2O3. The Morgan fingerprint density at radius 1 is 1.47 bits per heavy atom. The number of carboxylic acid groups (broad SMARTS) is 1. The van der Waals surface area contributed by atoms with Gasteiger partial charge in [0.05, 0.1) is 22.8 Å². The van der Waals surface area contributed by atoms with E-state index in [9.17, 15) is 9.59 Å². The predicted molar refractivity (Wildman–Crippen MR) is 64.3 cm³/mol. The third-order valence-electron chi connectivity index (χ3n) is 1.81. The molecule has 0 aromatic heterocycles. The lowest BCUT2D eigenvalue weighted by atomic mass is 10.2. The molecule has 1 aromatic carbocycles. The topological polar surface area (TPSA) is 78.4 Å². The van der Waals surface area contributed by atoms with E-state index in [0.717, 1.165) is 0 Å². The second-order valence-corrected chi connectivity index (χ2v) is 3.42. The van der Waals surface area contributed by atoms with Gasteiger partial charge in [0.25, 0.3) is 0 Å². The van der Waals surface area contributed by atoms with Gasteiger partial charge in [-0.2, -0.15) is 0 Å². The van der Waals surface area contributed by atoms with Gasteiger partial charge in [-0.15, -0.1) is 6.42 Å². The van der Waals surface area contributed by atoms with Gasteiger partial charge in [-0.05, 0) is 18.2 Å². The number of nitrogens with one attached hydrogen (secondary N) is 2. The molecule has 0 aliphatic heterocycles. The van der Waals surface area contributed by atoms with Gasteiger partial charge in [-0.1, -0.05) is 17.5 Å². The molecule has 6 heteroatoms. The summed E-state index contributed by atoms with van der Waals surface area (Å²) in [6.07, 6.45) is 4.97. The summed E-state index contributed by atoms with van der Waals surface area (Å²) in [6, 6.07) is 3.45. The highest BCUT2D eigenvalue weighted by Crippen LogP contribution is 2.22. The van der Waals surface area contributed by atoms with Crippen molar-refractivity contribution in [3.63, 3.8) is 0 Å². The molecule has 0 unspecified atom stereocenters. The van der Waals surface area contributed by atoms with Crippen molar-refractivity contribution >= 4 is 29.3 Å². The van der Waals surface area contributed by atoms with E-state index >= 15 is 0 Å². The van der Waals surface area contributed by atoms with Crippen LogP contribution >= 0.6 is 11.6 Å². The van der Waals surface area contributed by atoms with Crippen LogP contribution in [-0.2, 0) is 0 Å². The first-order valence-corrected chi connectivity index (χ1v) is 4.93. The zero-order chi connectivity index (χ0) is 12.8. The maximum absolute atomic E-state index is 11.3. The first-order chi connectivity index (χ1) is 8.04. The monoisotopic (exact) mass is 252 g/mol. The number of rotatable bonds is 3. The van der Waals surface area contributed by atoms with Crippen LogP contribution in [0.5, 0.6) is 0 Å². The Balaban J connectivity index is 2.83. The lowest BCUT2D eigenvalue weighted by molar-refractivity contribution is 0.0697. The van der Waals surface area contributed by atoms with E-state index in [4.69, 9.17) is 23.1 Å². The van der Waals surface area contributed by atoms with Crippen molar-refractivity contribution in [1.29, 1.82) is 0 Å². The van der Waals surface area contributed by atoms with Gasteiger partial charge >= 0.3 is 12.0 Å². The Morgan fingerprint density at radius 3 is 2.76 bits per heavy atom. The third-order valence-corrected chi connectivity index (χ3v) is 2.14. The molecule has 0 aliphatic rings. The first-order valence-electron chi connectivity index (χ1n) is 4.55. The highest BCUT2D eigenvalue weighted by Gasteiger charge is 2.09. The van der Waals surface area contributed by atoms with Gasteiger partial charge < -0.3 is 15.7 Å². The Hall–Kier alpha value is -2.19. The Kier molecular flexibility index (Phi) is 4.37. The molecule has 88 valence electrons. The van der Waals surface area contributed by atoms with Crippen molar-refractivity contribution in [1.82, 2.24) is 5.32 Å². The molecule has 5 nitrogen and oxygen atoms in total. The van der Waals surface area contributed by atoms with Crippen LogP contribution in [0.25, 0.3) is 0 Å². The fourth-order valence-electron chi connectivity index (χ4n) is 1.05. The van der Waals surface area contributed by atoms with Crippen molar-refractivity contribution < 1.29 is 14.7 Å². The molecule has 0 saturated carbocycles. The maximum Gasteiger partial charge on any atom is 0.335 e. The van der Waals surface area contributed by atoms with Gasteiger partial charge in [0, 0.05) is 0 Å². The molecule has 0 saturated heterocycles. The molecule has 0 radical (unpaired) electrons. The molecule has 0 heterocycles. The van der Waals surface area contributed by atoms with Crippen molar-refractivity contribution in [2.75, 3.05) is 11.9 Å². The van der Waals surface area contributed by atoms with Crippen molar-refractivity contribution in [2.45, 2.75) is 0 Å². The van der Waals surface area contributed by atoms with E-state index in [1.54, 1.807) is 0 Å². The van der Waals surface area contributed by atoms with Crippen LogP contribution in [0.15, 0.2) is 18.2 Å². The number of carbonyl (C=O) groups is 2. The Morgan fingerprint density at radius 2 is 2.18 bits per heavy atom. The van der Waals surface area contributed by atoms with E-state index in [1.165, 1.54) is 18.2 Å². The first kappa shape index (κ1) is 12.9. The fraction of sp³-hybridized carbons (Fsp3) is 0.0909. The third kappa shape index (κ3) is 3.70. The number of aromatic carboxylic acids is 1. The largest absolute Gasteiger partial charge is 0.478 e. The van der Waals surface area contributed by atoms with Gasteiger partial charge in [0.1, 0.15) is 0 Å². The standard InChI is InChI=1S/C11H9ClN2O3/c1-2-5-13-11(17)14-9-6-7(10(15)16)3-4-8(9)12/h1,3-4,6H,5H2,(H,15,16)(H2,13,14,17). The van der Waals surface area contributed by atoms with Crippen molar-refractivity contribution in [3.05, 3.63) is 28.8 Å². The van der Waals surface area contributed by atoms with E-state index in [0.29, 0.717) is 0 Å². The molecule has 0 aliphatic carbocycles. The number of halogens is 1. The van der Waals surface area contributed by atoms with Crippen LogP contribution in [0.3, 0.4) is 0 Å². The van der Waals surface area contributed by atoms with Gasteiger partial charge in [-0.3, -0.25) is 0 Å². The van der Waals surface area contributed by atoms with Crippen molar-refractivity contribution in [3.8, 4) is 12.3 Å². The average molecular weight is 253 g/mol. The minimum Gasteiger partial charge on any atom is -0.478 e. The maximum atomic E-state index is 11.3. The highest BCUT2D eigenvalue weighted by molar-refractivity contribution is 6.33. The van der Waals surface area contributed by atoms with E-state index in [1.807, 2.05) is 0 Å². The molecule has 2 amide bonds. The lowest BCUT2D eigenvalue weighted by Gasteiger charge is -2.08. The number of carbonyl (C=O) groups excluding carboxylic acids is 1. The number of benzene rings is 1. The van der Waals surface area contributed by atoms with Gasteiger partial charge in [0.2, 0.25) is 0 Å². The summed E-state index contributed by atoms with van der Waals surface area (Å²) in [6.45, 7) is 0.0715. The Bertz CT molecular complexity index is 494. The average Bonchev–Trinajstić information content (AvgIpc) is 2.29. The summed E-state index contributed by atoms with van der Waals surface area (Å²) in [4.78, 5) is 22.0. The molecule has 3 N–H and O–H groups in total.